The number of halogens is 1. The zero-order valence-corrected chi connectivity index (χ0v) is 8.02. The minimum Gasteiger partial charge on any atom is -0.475 e. The molecule has 12 heavy (non-hydrogen) atoms. The average Bonchev–Trinajstić information content (AvgIpc) is 2.59. The molecule has 0 spiro atoms. The molecule has 0 aromatic carbocycles. The second kappa shape index (κ2) is 2.74. The van der Waals surface area contributed by atoms with Gasteiger partial charge >= 0.3 is 5.97 Å². The maximum atomic E-state index is 10.4. The normalized spacial score (nSPS) is 27.1. The van der Waals surface area contributed by atoms with Crippen LogP contribution in [0.3, 0.4) is 0 Å². The van der Waals surface area contributed by atoms with E-state index in [-0.39, 0.29) is 16.0 Å². The third kappa shape index (κ3) is 1.34. The van der Waals surface area contributed by atoms with E-state index in [1.807, 2.05) is 0 Å². The summed E-state index contributed by atoms with van der Waals surface area (Å²) in [5.74, 6) is -0.497. The monoisotopic (exact) mass is 280 g/mol. The molecule has 1 aromatic heterocycles. The lowest BCUT2D eigenvalue weighted by atomic mass is 10.3. The Hall–Kier alpha value is -0.560. The molecule has 0 radical (unpaired) electrons. The summed E-state index contributed by atoms with van der Waals surface area (Å²) >= 11 is 2.12. The Morgan fingerprint density at radius 1 is 1.58 bits per heavy atom. The molecule has 5 heteroatoms. The highest BCUT2D eigenvalue weighted by molar-refractivity contribution is 14.1. The van der Waals surface area contributed by atoms with Gasteiger partial charge in [0, 0.05) is 0 Å². The molecule has 1 aromatic rings. The molecule has 1 aliphatic heterocycles. The summed E-state index contributed by atoms with van der Waals surface area (Å²) in [6.07, 6.45) is -0.0568. The van der Waals surface area contributed by atoms with Gasteiger partial charge in [0.25, 0.3) is 0 Å². The first-order chi connectivity index (χ1) is 5.68. The van der Waals surface area contributed by atoms with Crippen LogP contribution in [-0.4, -0.2) is 15.2 Å². The highest BCUT2D eigenvalue weighted by Crippen LogP contribution is 2.43. The summed E-state index contributed by atoms with van der Waals surface area (Å²) in [5, 5.41) is 8.53. The minimum absolute atomic E-state index is 0.0379. The van der Waals surface area contributed by atoms with Crippen LogP contribution in [-0.2, 0) is 4.74 Å². The lowest BCUT2D eigenvalue weighted by Crippen LogP contribution is -1.91. The first-order valence-corrected chi connectivity index (χ1v) is 4.55. The highest BCUT2D eigenvalue weighted by atomic mass is 127. The van der Waals surface area contributed by atoms with Crippen LogP contribution in [0.5, 0.6) is 0 Å². The lowest BCUT2D eigenvalue weighted by molar-refractivity contribution is 0.0659. The molecule has 2 heterocycles. The first-order valence-electron chi connectivity index (χ1n) is 3.31. The zero-order chi connectivity index (χ0) is 8.72. The Balaban J connectivity index is 2.19. The Labute approximate surface area is 81.6 Å². The van der Waals surface area contributed by atoms with E-state index >= 15 is 0 Å². The largest absolute Gasteiger partial charge is 0.475 e. The number of carboxylic acids is 1. The number of hydrogen-bond donors (Lipinski definition) is 1. The zero-order valence-electron chi connectivity index (χ0n) is 5.86. The van der Waals surface area contributed by atoms with E-state index in [2.05, 4.69) is 22.6 Å². The van der Waals surface area contributed by atoms with Gasteiger partial charge in [-0.15, -0.1) is 0 Å². The molecule has 0 amide bonds. The highest BCUT2D eigenvalue weighted by Gasteiger charge is 2.40. The van der Waals surface area contributed by atoms with Crippen molar-refractivity contribution in [3.05, 3.63) is 23.7 Å². The van der Waals surface area contributed by atoms with Crippen molar-refractivity contribution < 1.29 is 19.1 Å². The molecule has 2 unspecified atom stereocenters. The van der Waals surface area contributed by atoms with Crippen LogP contribution in [0.4, 0.5) is 0 Å². The van der Waals surface area contributed by atoms with Crippen LogP contribution >= 0.6 is 22.6 Å². The number of rotatable bonds is 2. The maximum Gasteiger partial charge on any atom is 0.371 e. The second-order valence-corrected chi connectivity index (χ2v) is 3.64. The number of ether oxygens (including phenoxy) is 1. The van der Waals surface area contributed by atoms with Crippen LogP contribution in [0.1, 0.15) is 22.4 Å². The van der Waals surface area contributed by atoms with Crippen molar-refractivity contribution in [3.63, 3.8) is 0 Å². The van der Waals surface area contributed by atoms with Gasteiger partial charge in [-0.25, -0.2) is 4.79 Å². The second-order valence-electron chi connectivity index (χ2n) is 2.42. The Kier molecular flexibility index (Phi) is 1.84. The van der Waals surface area contributed by atoms with Gasteiger partial charge < -0.3 is 14.3 Å². The SMILES string of the molecule is O=C(O)c1ccc(C2OC2I)o1. The van der Waals surface area contributed by atoms with Crippen molar-refractivity contribution in [3.8, 4) is 0 Å². The van der Waals surface area contributed by atoms with Crippen LogP contribution in [0.2, 0.25) is 0 Å². The molecular weight excluding hydrogens is 275 g/mol. The van der Waals surface area contributed by atoms with Gasteiger partial charge in [-0.3, -0.25) is 0 Å². The van der Waals surface area contributed by atoms with Crippen molar-refractivity contribution in [2.75, 3.05) is 0 Å². The van der Waals surface area contributed by atoms with Crippen LogP contribution < -0.4 is 0 Å². The average molecular weight is 280 g/mol. The molecule has 1 saturated heterocycles. The summed E-state index contributed by atoms with van der Waals surface area (Å²) < 4.78 is 10.2. The smallest absolute Gasteiger partial charge is 0.371 e. The molecule has 0 saturated carbocycles. The fourth-order valence-electron chi connectivity index (χ4n) is 0.912. The van der Waals surface area contributed by atoms with Gasteiger partial charge in [-0.05, 0) is 34.7 Å². The quantitative estimate of drug-likeness (QED) is 0.510. The van der Waals surface area contributed by atoms with Gasteiger partial charge in [0.15, 0.2) is 6.10 Å². The van der Waals surface area contributed by atoms with E-state index in [1.165, 1.54) is 6.07 Å². The van der Waals surface area contributed by atoms with Gasteiger partial charge in [0.1, 0.15) is 9.87 Å². The maximum absolute atomic E-state index is 10.4. The predicted octanol–water partition coefficient (Wildman–Crippen LogP) is 1.81. The number of carbonyl (C=O) groups is 1. The molecule has 2 rings (SSSR count). The van der Waals surface area contributed by atoms with Crippen molar-refractivity contribution in [2.24, 2.45) is 0 Å². The minimum atomic E-state index is -1.05. The van der Waals surface area contributed by atoms with Gasteiger partial charge in [-0.2, -0.15) is 0 Å². The van der Waals surface area contributed by atoms with E-state index in [0.29, 0.717) is 5.76 Å². The molecule has 0 bridgehead atoms. The van der Waals surface area contributed by atoms with E-state index in [1.54, 1.807) is 6.07 Å². The third-order valence-corrected chi connectivity index (χ3v) is 2.50. The Morgan fingerprint density at radius 3 is 2.67 bits per heavy atom. The molecule has 1 aliphatic rings. The third-order valence-electron chi connectivity index (χ3n) is 1.56. The molecular formula is C7H5IO4. The van der Waals surface area contributed by atoms with E-state index in [4.69, 9.17) is 14.3 Å². The number of hydrogen-bond acceptors (Lipinski definition) is 3. The fourth-order valence-corrected chi connectivity index (χ4v) is 1.58. The van der Waals surface area contributed by atoms with Crippen molar-refractivity contribution in [2.45, 2.75) is 10.2 Å². The van der Waals surface area contributed by atoms with Crippen molar-refractivity contribution in [1.82, 2.24) is 0 Å². The first kappa shape index (κ1) is 8.06. The molecule has 4 nitrogen and oxygen atoms in total. The van der Waals surface area contributed by atoms with Crippen LogP contribution in [0, 0.1) is 0 Å². The van der Waals surface area contributed by atoms with Crippen LogP contribution in [0.15, 0.2) is 16.5 Å². The lowest BCUT2D eigenvalue weighted by Gasteiger charge is -1.86. The summed E-state index contributed by atoms with van der Waals surface area (Å²) in [6.45, 7) is 0. The summed E-state index contributed by atoms with van der Waals surface area (Å²) in [7, 11) is 0. The Bertz CT molecular complexity index is 319. The topological polar surface area (TPSA) is 63.0 Å². The van der Waals surface area contributed by atoms with E-state index < -0.39 is 5.97 Å². The molecule has 1 fully saturated rings. The van der Waals surface area contributed by atoms with Crippen LogP contribution in [0.25, 0.3) is 0 Å². The van der Waals surface area contributed by atoms with Gasteiger partial charge in [0.05, 0.1) is 0 Å². The molecule has 2 atom stereocenters. The van der Waals surface area contributed by atoms with E-state index in [9.17, 15) is 4.79 Å². The van der Waals surface area contributed by atoms with Crippen molar-refractivity contribution in [1.29, 1.82) is 0 Å². The number of aromatic carboxylic acids is 1. The number of alkyl halides is 1. The van der Waals surface area contributed by atoms with E-state index in [0.717, 1.165) is 0 Å². The summed E-state index contributed by atoms with van der Waals surface area (Å²) in [4.78, 5) is 10.4. The standard InChI is InChI=1S/C7H5IO4/c8-6-5(12-6)3-1-2-4(11-3)7(9)10/h1-2,5-6H,(H,9,10). The predicted molar refractivity (Wildman–Crippen MR) is 47.3 cm³/mol. The summed E-state index contributed by atoms with van der Waals surface area (Å²) in [5.41, 5.74) is 0. The fraction of sp³-hybridized carbons (Fsp3) is 0.286. The van der Waals surface area contributed by atoms with Gasteiger partial charge in [-0.1, -0.05) is 0 Å². The Morgan fingerprint density at radius 2 is 2.25 bits per heavy atom. The van der Waals surface area contributed by atoms with Gasteiger partial charge in [0.2, 0.25) is 5.76 Å². The molecule has 64 valence electrons. The molecule has 0 aliphatic carbocycles. The number of furan rings is 1. The number of carboxylic acid groups (broad SMARTS) is 1. The number of epoxide rings is 1. The van der Waals surface area contributed by atoms with Crippen molar-refractivity contribution >= 4 is 28.6 Å². The summed E-state index contributed by atoms with van der Waals surface area (Å²) in [6, 6.07) is 3.06. The molecule has 1 N–H and O–H groups in total.